The van der Waals surface area contributed by atoms with E-state index in [0.717, 1.165) is 18.4 Å². The van der Waals surface area contributed by atoms with Gasteiger partial charge < -0.3 is 19.9 Å². The zero-order valence-electron chi connectivity index (χ0n) is 15.0. The van der Waals surface area contributed by atoms with Crippen LogP contribution >= 0.6 is 0 Å². The summed E-state index contributed by atoms with van der Waals surface area (Å²) in [5, 5.41) is 11.7. The lowest BCUT2D eigenvalue weighted by Crippen LogP contribution is -2.24. The van der Waals surface area contributed by atoms with Crippen molar-refractivity contribution in [2.45, 2.75) is 25.4 Å². The number of anilines is 1. The van der Waals surface area contributed by atoms with Crippen molar-refractivity contribution < 1.29 is 24.2 Å². The fraction of sp³-hybridized carbons (Fsp3) is 0.238. The molecule has 140 valence electrons. The number of ether oxygens (including phenoxy) is 2. The van der Waals surface area contributed by atoms with Gasteiger partial charge in [-0.15, -0.1) is 0 Å². The molecule has 1 amide bonds. The van der Waals surface area contributed by atoms with E-state index in [-0.39, 0.29) is 17.4 Å². The largest absolute Gasteiger partial charge is 0.493 e. The summed E-state index contributed by atoms with van der Waals surface area (Å²) in [6.07, 6.45) is 6.54. The summed E-state index contributed by atoms with van der Waals surface area (Å²) < 4.78 is 11.3. The molecule has 6 heteroatoms. The lowest BCUT2D eigenvalue weighted by molar-refractivity contribution is -0.111. The second-order valence-electron chi connectivity index (χ2n) is 6.25. The molecule has 0 heterocycles. The Hall–Kier alpha value is -3.28. The molecule has 0 saturated heterocycles. The highest BCUT2D eigenvalue weighted by Gasteiger charge is 2.20. The SMILES string of the molecule is COc1cc(C=CC(=O)Nc2ccccc2C(=O)O)ccc1OC1CCC1. The number of carbonyl (C=O) groups is 2. The van der Waals surface area contributed by atoms with Crippen LogP contribution in [0.3, 0.4) is 0 Å². The molecule has 2 aromatic rings. The van der Waals surface area contributed by atoms with Crippen LogP contribution in [0.2, 0.25) is 0 Å². The highest BCUT2D eigenvalue weighted by Crippen LogP contribution is 2.33. The molecule has 6 nitrogen and oxygen atoms in total. The quantitative estimate of drug-likeness (QED) is 0.723. The van der Waals surface area contributed by atoms with Crippen LogP contribution in [0.1, 0.15) is 35.2 Å². The van der Waals surface area contributed by atoms with E-state index in [1.165, 1.54) is 18.6 Å². The number of rotatable bonds is 7. The molecule has 0 bridgehead atoms. The van der Waals surface area contributed by atoms with Gasteiger partial charge in [-0.3, -0.25) is 4.79 Å². The molecular formula is C21H21NO5. The smallest absolute Gasteiger partial charge is 0.337 e. The average molecular weight is 367 g/mol. The highest BCUT2D eigenvalue weighted by molar-refractivity contribution is 6.06. The number of carbonyl (C=O) groups excluding carboxylic acids is 1. The summed E-state index contributed by atoms with van der Waals surface area (Å²) >= 11 is 0. The third kappa shape index (κ3) is 4.67. The Balaban J connectivity index is 1.68. The molecule has 3 rings (SSSR count). The van der Waals surface area contributed by atoms with E-state index >= 15 is 0 Å². The summed E-state index contributed by atoms with van der Waals surface area (Å²) in [6, 6.07) is 11.7. The van der Waals surface area contributed by atoms with Gasteiger partial charge in [0.2, 0.25) is 5.91 Å². The molecule has 0 aliphatic heterocycles. The molecule has 0 atom stereocenters. The normalized spacial score (nSPS) is 13.8. The van der Waals surface area contributed by atoms with Crippen LogP contribution in [0.5, 0.6) is 11.5 Å². The lowest BCUT2D eigenvalue weighted by Gasteiger charge is -2.27. The highest BCUT2D eigenvalue weighted by atomic mass is 16.5. The monoisotopic (exact) mass is 367 g/mol. The minimum atomic E-state index is -1.10. The van der Waals surface area contributed by atoms with Crippen LogP contribution in [-0.2, 0) is 4.79 Å². The van der Waals surface area contributed by atoms with Crippen molar-refractivity contribution in [2.24, 2.45) is 0 Å². The Morgan fingerprint density at radius 1 is 1.15 bits per heavy atom. The Morgan fingerprint density at radius 3 is 2.59 bits per heavy atom. The molecule has 1 aliphatic carbocycles. The second-order valence-corrected chi connectivity index (χ2v) is 6.25. The molecule has 1 fully saturated rings. The van der Waals surface area contributed by atoms with Crippen molar-refractivity contribution in [3.8, 4) is 11.5 Å². The van der Waals surface area contributed by atoms with Gasteiger partial charge in [0.15, 0.2) is 11.5 Å². The molecule has 1 aliphatic rings. The Bertz CT molecular complexity index is 871. The number of carboxylic acids is 1. The average Bonchev–Trinajstić information content (AvgIpc) is 2.63. The molecule has 27 heavy (non-hydrogen) atoms. The van der Waals surface area contributed by atoms with Crippen LogP contribution in [0, 0.1) is 0 Å². The Labute approximate surface area is 157 Å². The van der Waals surface area contributed by atoms with E-state index in [1.807, 2.05) is 12.1 Å². The van der Waals surface area contributed by atoms with Crippen molar-refractivity contribution in [1.82, 2.24) is 0 Å². The number of methoxy groups -OCH3 is 1. The van der Waals surface area contributed by atoms with Gasteiger partial charge in [0.05, 0.1) is 24.5 Å². The van der Waals surface area contributed by atoms with Crippen LogP contribution in [0.25, 0.3) is 6.08 Å². The molecule has 2 aromatic carbocycles. The minimum absolute atomic E-state index is 0.0402. The zero-order chi connectivity index (χ0) is 19.2. The molecule has 0 radical (unpaired) electrons. The lowest BCUT2D eigenvalue weighted by atomic mass is 9.96. The third-order valence-corrected chi connectivity index (χ3v) is 4.38. The first-order chi connectivity index (χ1) is 13.1. The number of hydrogen-bond donors (Lipinski definition) is 2. The van der Waals surface area contributed by atoms with E-state index in [2.05, 4.69) is 5.32 Å². The first-order valence-electron chi connectivity index (χ1n) is 8.73. The molecule has 1 saturated carbocycles. The van der Waals surface area contributed by atoms with Crippen molar-refractivity contribution in [2.75, 3.05) is 12.4 Å². The fourth-order valence-electron chi connectivity index (χ4n) is 2.68. The summed E-state index contributed by atoms with van der Waals surface area (Å²) in [6.45, 7) is 0. The van der Waals surface area contributed by atoms with Gasteiger partial charge >= 0.3 is 5.97 Å². The van der Waals surface area contributed by atoms with Gasteiger partial charge in [-0.1, -0.05) is 18.2 Å². The number of nitrogens with one attached hydrogen (secondary N) is 1. The number of benzene rings is 2. The maximum Gasteiger partial charge on any atom is 0.337 e. The van der Waals surface area contributed by atoms with Crippen molar-refractivity contribution in [1.29, 1.82) is 0 Å². The van der Waals surface area contributed by atoms with Gasteiger partial charge in [0.25, 0.3) is 0 Å². The summed E-state index contributed by atoms with van der Waals surface area (Å²) in [7, 11) is 1.58. The summed E-state index contributed by atoms with van der Waals surface area (Å²) in [5.41, 5.74) is 1.06. The maximum atomic E-state index is 12.1. The van der Waals surface area contributed by atoms with Crippen LogP contribution < -0.4 is 14.8 Å². The number of para-hydroxylation sites is 1. The number of carboxylic acid groups (broad SMARTS) is 1. The maximum absolute atomic E-state index is 12.1. The number of hydrogen-bond acceptors (Lipinski definition) is 4. The first-order valence-corrected chi connectivity index (χ1v) is 8.73. The van der Waals surface area contributed by atoms with Crippen molar-refractivity contribution >= 4 is 23.6 Å². The Kier molecular flexibility index (Phi) is 5.76. The van der Waals surface area contributed by atoms with E-state index in [1.54, 1.807) is 37.5 Å². The minimum Gasteiger partial charge on any atom is -0.493 e. The second kappa shape index (κ2) is 8.40. The van der Waals surface area contributed by atoms with E-state index < -0.39 is 11.9 Å². The van der Waals surface area contributed by atoms with Crippen LogP contribution in [0.4, 0.5) is 5.69 Å². The van der Waals surface area contributed by atoms with Gasteiger partial charge in [-0.05, 0) is 55.2 Å². The summed E-state index contributed by atoms with van der Waals surface area (Å²) in [4.78, 5) is 23.3. The van der Waals surface area contributed by atoms with Gasteiger partial charge in [-0.2, -0.15) is 0 Å². The number of aromatic carboxylic acids is 1. The van der Waals surface area contributed by atoms with Gasteiger partial charge in [0, 0.05) is 6.08 Å². The fourth-order valence-corrected chi connectivity index (χ4v) is 2.68. The van der Waals surface area contributed by atoms with E-state index in [0.29, 0.717) is 11.5 Å². The molecule has 2 N–H and O–H groups in total. The van der Waals surface area contributed by atoms with Crippen molar-refractivity contribution in [3.05, 3.63) is 59.7 Å². The van der Waals surface area contributed by atoms with Gasteiger partial charge in [-0.25, -0.2) is 4.79 Å². The van der Waals surface area contributed by atoms with Crippen molar-refractivity contribution in [3.63, 3.8) is 0 Å². The molecule has 0 spiro atoms. The molecule has 0 unspecified atom stereocenters. The standard InChI is InChI=1S/C21H21NO5/c1-26-19-13-14(9-11-18(19)27-15-5-4-6-15)10-12-20(23)22-17-8-3-2-7-16(17)21(24)25/h2-3,7-13,15H,4-6H2,1H3,(H,22,23)(H,24,25). The van der Waals surface area contributed by atoms with E-state index in [9.17, 15) is 9.59 Å². The zero-order valence-corrected chi connectivity index (χ0v) is 15.0. The Morgan fingerprint density at radius 2 is 1.93 bits per heavy atom. The topological polar surface area (TPSA) is 84.9 Å². The van der Waals surface area contributed by atoms with Gasteiger partial charge in [0.1, 0.15) is 0 Å². The molecule has 0 aromatic heterocycles. The number of amides is 1. The predicted octanol–water partition coefficient (Wildman–Crippen LogP) is 3.98. The molecular weight excluding hydrogens is 346 g/mol. The van der Waals surface area contributed by atoms with Crippen LogP contribution in [0.15, 0.2) is 48.5 Å². The first kappa shape index (κ1) is 18.5. The predicted molar refractivity (Wildman–Crippen MR) is 102 cm³/mol. The summed E-state index contributed by atoms with van der Waals surface area (Å²) in [5.74, 6) is -0.209. The van der Waals surface area contributed by atoms with E-state index in [4.69, 9.17) is 14.6 Å². The van der Waals surface area contributed by atoms with Crippen LogP contribution in [-0.4, -0.2) is 30.2 Å². The third-order valence-electron chi connectivity index (χ3n) is 4.38.